The molecule has 0 rings (SSSR count). The van der Waals surface area contributed by atoms with Gasteiger partial charge in [0.2, 0.25) is 5.91 Å². The van der Waals surface area contributed by atoms with Crippen LogP contribution in [-0.4, -0.2) is 48.7 Å². The first-order chi connectivity index (χ1) is 8.27. The van der Waals surface area contributed by atoms with E-state index in [4.69, 9.17) is 0 Å². The summed E-state index contributed by atoms with van der Waals surface area (Å²) < 4.78 is 48.6. The lowest BCUT2D eigenvalue weighted by Gasteiger charge is -2.19. The third kappa shape index (κ3) is 4.50. The molecule has 2 amide bonds. The monoisotopic (exact) mass is 272 g/mol. The standard InChI is InChI=1S/C10H16F4N2O2/c1-3-16(4-2)7(17)5-6-15-9(18)10(13,14)8(11)12/h8H,3-6H2,1-2H3,(H,15,18). The van der Waals surface area contributed by atoms with Crippen LogP contribution >= 0.6 is 0 Å². The van der Waals surface area contributed by atoms with Crippen molar-refractivity contribution in [2.24, 2.45) is 0 Å². The summed E-state index contributed by atoms with van der Waals surface area (Å²) in [6.07, 6.45) is -4.26. The first-order valence-corrected chi connectivity index (χ1v) is 5.49. The summed E-state index contributed by atoms with van der Waals surface area (Å²) in [6.45, 7) is 4.00. The molecule has 0 radical (unpaired) electrons. The Morgan fingerprint density at radius 1 is 1.22 bits per heavy atom. The van der Waals surface area contributed by atoms with Crippen molar-refractivity contribution in [2.75, 3.05) is 19.6 Å². The highest BCUT2D eigenvalue weighted by molar-refractivity contribution is 5.84. The number of amides is 2. The van der Waals surface area contributed by atoms with Crippen LogP contribution in [0.5, 0.6) is 0 Å². The number of carbonyl (C=O) groups is 2. The van der Waals surface area contributed by atoms with Crippen molar-refractivity contribution >= 4 is 11.8 Å². The number of hydrogen-bond acceptors (Lipinski definition) is 2. The quantitative estimate of drug-likeness (QED) is 0.709. The molecule has 0 bridgehead atoms. The summed E-state index contributed by atoms with van der Waals surface area (Å²) in [6, 6.07) is 0. The Bertz CT molecular complexity index is 294. The molecule has 8 heteroatoms. The maximum absolute atomic E-state index is 12.5. The molecular weight excluding hydrogens is 256 g/mol. The van der Waals surface area contributed by atoms with Crippen LogP contribution in [0.15, 0.2) is 0 Å². The van der Waals surface area contributed by atoms with Crippen LogP contribution in [0.2, 0.25) is 0 Å². The van der Waals surface area contributed by atoms with Crippen LogP contribution in [0.1, 0.15) is 20.3 Å². The molecule has 1 N–H and O–H groups in total. The van der Waals surface area contributed by atoms with E-state index in [9.17, 15) is 27.2 Å². The van der Waals surface area contributed by atoms with Gasteiger partial charge in [-0.25, -0.2) is 8.78 Å². The van der Waals surface area contributed by atoms with Gasteiger partial charge in [0.15, 0.2) is 0 Å². The molecule has 0 aromatic heterocycles. The maximum atomic E-state index is 12.5. The highest BCUT2D eigenvalue weighted by Crippen LogP contribution is 2.22. The van der Waals surface area contributed by atoms with Crippen molar-refractivity contribution in [1.82, 2.24) is 10.2 Å². The van der Waals surface area contributed by atoms with Gasteiger partial charge in [-0.2, -0.15) is 8.78 Å². The van der Waals surface area contributed by atoms with Gasteiger partial charge >= 0.3 is 12.3 Å². The highest BCUT2D eigenvalue weighted by Gasteiger charge is 2.48. The molecule has 0 heterocycles. The van der Waals surface area contributed by atoms with Crippen molar-refractivity contribution < 1.29 is 27.2 Å². The van der Waals surface area contributed by atoms with Gasteiger partial charge in [-0.1, -0.05) is 0 Å². The van der Waals surface area contributed by atoms with Crippen LogP contribution in [-0.2, 0) is 9.59 Å². The van der Waals surface area contributed by atoms with Gasteiger partial charge in [-0.15, -0.1) is 0 Å². The lowest BCUT2D eigenvalue weighted by atomic mass is 10.3. The summed E-state index contributed by atoms with van der Waals surface area (Å²) in [4.78, 5) is 23.6. The summed E-state index contributed by atoms with van der Waals surface area (Å²) in [5.74, 6) is -7.12. The van der Waals surface area contributed by atoms with Crippen LogP contribution < -0.4 is 5.32 Å². The SMILES string of the molecule is CCN(CC)C(=O)CCNC(=O)C(F)(F)C(F)F. The number of alkyl halides is 4. The molecule has 106 valence electrons. The minimum atomic E-state index is -4.72. The van der Waals surface area contributed by atoms with E-state index in [-0.39, 0.29) is 12.3 Å². The molecule has 18 heavy (non-hydrogen) atoms. The van der Waals surface area contributed by atoms with Gasteiger partial charge < -0.3 is 10.2 Å². The number of rotatable bonds is 7. The van der Waals surface area contributed by atoms with Gasteiger partial charge in [-0.3, -0.25) is 9.59 Å². The lowest BCUT2D eigenvalue weighted by Crippen LogP contribution is -2.46. The number of hydrogen-bond donors (Lipinski definition) is 1. The van der Waals surface area contributed by atoms with Crippen LogP contribution in [0.4, 0.5) is 17.6 Å². The Kier molecular flexibility index (Phi) is 6.64. The summed E-state index contributed by atoms with van der Waals surface area (Å²) in [7, 11) is 0. The van der Waals surface area contributed by atoms with E-state index in [0.717, 1.165) is 0 Å². The van der Waals surface area contributed by atoms with E-state index in [0.29, 0.717) is 13.1 Å². The second-order valence-electron chi connectivity index (χ2n) is 3.50. The molecule has 0 saturated carbocycles. The predicted molar refractivity (Wildman–Crippen MR) is 56.5 cm³/mol. The third-order valence-corrected chi connectivity index (χ3v) is 2.32. The van der Waals surface area contributed by atoms with Gasteiger partial charge in [-0.05, 0) is 13.8 Å². The van der Waals surface area contributed by atoms with E-state index in [2.05, 4.69) is 0 Å². The Hall–Kier alpha value is -1.34. The molecular formula is C10H16F4N2O2. The number of carbonyl (C=O) groups excluding carboxylic acids is 2. The van der Waals surface area contributed by atoms with Crippen LogP contribution in [0.3, 0.4) is 0 Å². The normalized spacial score (nSPS) is 11.5. The Morgan fingerprint density at radius 2 is 1.72 bits per heavy atom. The van der Waals surface area contributed by atoms with E-state index >= 15 is 0 Å². The van der Waals surface area contributed by atoms with Gasteiger partial charge in [0.05, 0.1) is 0 Å². The van der Waals surface area contributed by atoms with Crippen molar-refractivity contribution in [3.63, 3.8) is 0 Å². The zero-order chi connectivity index (χ0) is 14.3. The first kappa shape index (κ1) is 16.7. The van der Waals surface area contributed by atoms with E-state index in [1.54, 1.807) is 19.2 Å². The molecule has 0 aliphatic rings. The van der Waals surface area contributed by atoms with E-state index in [1.807, 2.05) is 0 Å². The third-order valence-electron chi connectivity index (χ3n) is 2.32. The number of nitrogens with one attached hydrogen (secondary N) is 1. The second kappa shape index (κ2) is 7.17. The van der Waals surface area contributed by atoms with Crippen LogP contribution in [0, 0.1) is 0 Å². The summed E-state index contributed by atoms with van der Waals surface area (Å²) >= 11 is 0. The molecule has 0 aromatic carbocycles. The van der Waals surface area contributed by atoms with E-state index in [1.165, 1.54) is 4.90 Å². The second-order valence-corrected chi connectivity index (χ2v) is 3.50. The van der Waals surface area contributed by atoms with Crippen molar-refractivity contribution in [3.05, 3.63) is 0 Å². The van der Waals surface area contributed by atoms with E-state index < -0.39 is 24.8 Å². The Balaban J connectivity index is 4.13. The predicted octanol–water partition coefficient (Wildman–Crippen LogP) is 1.26. The molecule has 0 unspecified atom stereocenters. The fourth-order valence-electron chi connectivity index (χ4n) is 1.23. The fourth-order valence-corrected chi connectivity index (χ4v) is 1.23. The first-order valence-electron chi connectivity index (χ1n) is 5.49. The average molecular weight is 272 g/mol. The van der Waals surface area contributed by atoms with Crippen molar-refractivity contribution in [2.45, 2.75) is 32.6 Å². The molecule has 0 saturated heterocycles. The maximum Gasteiger partial charge on any atom is 0.383 e. The fraction of sp³-hybridized carbons (Fsp3) is 0.800. The molecule has 4 nitrogen and oxygen atoms in total. The van der Waals surface area contributed by atoms with Gasteiger partial charge in [0.1, 0.15) is 0 Å². The Labute approximate surface area is 102 Å². The summed E-state index contributed by atoms with van der Waals surface area (Å²) in [5, 5.41) is 1.62. The molecule has 0 aliphatic heterocycles. The molecule has 0 aromatic rings. The largest absolute Gasteiger partial charge is 0.383 e. The Morgan fingerprint density at radius 3 is 2.11 bits per heavy atom. The lowest BCUT2D eigenvalue weighted by molar-refractivity contribution is -0.169. The van der Waals surface area contributed by atoms with Crippen LogP contribution in [0.25, 0.3) is 0 Å². The summed E-state index contributed by atoms with van der Waals surface area (Å²) in [5.41, 5.74) is 0. The topological polar surface area (TPSA) is 49.4 Å². The number of nitrogens with zero attached hydrogens (tertiary/aromatic N) is 1. The highest BCUT2D eigenvalue weighted by atomic mass is 19.3. The zero-order valence-electron chi connectivity index (χ0n) is 10.2. The van der Waals surface area contributed by atoms with Gasteiger partial charge in [0.25, 0.3) is 5.91 Å². The molecule has 0 spiro atoms. The number of halogens is 4. The molecule has 0 aliphatic carbocycles. The average Bonchev–Trinajstić information content (AvgIpc) is 2.30. The van der Waals surface area contributed by atoms with Gasteiger partial charge in [0, 0.05) is 26.1 Å². The molecule has 0 fully saturated rings. The van der Waals surface area contributed by atoms with Crippen molar-refractivity contribution in [3.8, 4) is 0 Å². The minimum absolute atomic E-state index is 0.202. The minimum Gasteiger partial charge on any atom is -0.350 e. The smallest absolute Gasteiger partial charge is 0.350 e. The van der Waals surface area contributed by atoms with Crippen molar-refractivity contribution in [1.29, 1.82) is 0 Å². The zero-order valence-corrected chi connectivity index (χ0v) is 10.2. The molecule has 0 atom stereocenters.